The lowest BCUT2D eigenvalue weighted by molar-refractivity contribution is -0.109. The molecule has 0 saturated carbocycles. The van der Waals surface area contributed by atoms with E-state index in [0.717, 1.165) is 22.6 Å². The summed E-state index contributed by atoms with van der Waals surface area (Å²) in [5.74, 6) is -0.200. The number of rotatable bonds is 4. The molecular formula is C13H12ClNOS. The summed E-state index contributed by atoms with van der Waals surface area (Å²) in [6.07, 6.45) is 1.55. The molecule has 1 aromatic carbocycles. The predicted octanol–water partition coefficient (Wildman–Crippen LogP) is 3.63. The number of carbonyl (C=O) groups excluding carboxylic acids is 1. The van der Waals surface area contributed by atoms with Crippen LogP contribution < -0.4 is 0 Å². The fourth-order valence-electron chi connectivity index (χ4n) is 1.64. The third-order valence-electron chi connectivity index (χ3n) is 2.52. The maximum absolute atomic E-state index is 11.2. The van der Waals surface area contributed by atoms with Crippen LogP contribution in [0, 0.1) is 6.92 Å². The number of halogens is 1. The average Bonchev–Trinajstić information content (AvgIpc) is 2.75. The van der Waals surface area contributed by atoms with Gasteiger partial charge in [-0.25, -0.2) is 4.98 Å². The van der Waals surface area contributed by atoms with E-state index in [4.69, 9.17) is 11.6 Å². The van der Waals surface area contributed by atoms with Crippen LogP contribution in [0.3, 0.4) is 0 Å². The van der Waals surface area contributed by atoms with Crippen molar-refractivity contribution in [2.24, 2.45) is 0 Å². The van der Waals surface area contributed by atoms with Crippen LogP contribution in [0.5, 0.6) is 0 Å². The fraction of sp³-hybridized carbons (Fsp3) is 0.231. The minimum atomic E-state index is -0.200. The Labute approximate surface area is 109 Å². The highest BCUT2D eigenvalue weighted by Crippen LogP contribution is 2.25. The highest BCUT2D eigenvalue weighted by molar-refractivity contribution is 7.09. The molecule has 17 heavy (non-hydrogen) atoms. The van der Waals surface area contributed by atoms with Gasteiger partial charge in [0, 0.05) is 16.1 Å². The molecule has 0 amide bonds. The number of nitrogens with zero attached hydrogens (tertiary/aromatic N) is 1. The normalized spacial score (nSPS) is 12.4. The Bertz CT molecular complexity index is 524. The number of thiazole rings is 1. The first-order valence-electron chi connectivity index (χ1n) is 5.31. The van der Waals surface area contributed by atoms with Gasteiger partial charge >= 0.3 is 0 Å². The molecule has 1 atom stereocenters. The van der Waals surface area contributed by atoms with Gasteiger partial charge in [0.05, 0.1) is 5.92 Å². The summed E-state index contributed by atoms with van der Waals surface area (Å²) in [7, 11) is 0. The molecule has 1 aromatic heterocycles. The van der Waals surface area contributed by atoms with Crippen molar-refractivity contribution in [3.05, 3.63) is 50.9 Å². The third kappa shape index (κ3) is 2.93. The minimum absolute atomic E-state index is 0.200. The maximum atomic E-state index is 11.2. The van der Waals surface area contributed by atoms with Crippen molar-refractivity contribution in [1.82, 2.24) is 4.98 Å². The molecule has 0 aliphatic carbocycles. The molecular weight excluding hydrogens is 254 g/mol. The van der Waals surface area contributed by atoms with Crippen LogP contribution in [0.25, 0.3) is 0 Å². The third-order valence-corrected chi connectivity index (χ3v) is 3.98. The van der Waals surface area contributed by atoms with Crippen LogP contribution in [0.2, 0.25) is 5.02 Å². The number of benzene rings is 1. The van der Waals surface area contributed by atoms with E-state index in [-0.39, 0.29) is 5.92 Å². The van der Waals surface area contributed by atoms with Crippen molar-refractivity contribution < 1.29 is 4.79 Å². The zero-order valence-electron chi connectivity index (χ0n) is 9.39. The lowest BCUT2D eigenvalue weighted by atomic mass is 10.0. The molecule has 0 bridgehead atoms. The van der Waals surface area contributed by atoms with E-state index in [9.17, 15) is 4.79 Å². The van der Waals surface area contributed by atoms with Gasteiger partial charge in [-0.1, -0.05) is 29.8 Å². The second-order valence-electron chi connectivity index (χ2n) is 3.87. The average molecular weight is 266 g/mol. The van der Waals surface area contributed by atoms with Crippen LogP contribution >= 0.6 is 22.9 Å². The van der Waals surface area contributed by atoms with Gasteiger partial charge in [-0.2, -0.15) is 0 Å². The van der Waals surface area contributed by atoms with Gasteiger partial charge < -0.3 is 4.79 Å². The van der Waals surface area contributed by atoms with Crippen LogP contribution in [-0.2, 0) is 11.2 Å². The summed E-state index contributed by atoms with van der Waals surface area (Å²) in [6, 6.07) is 7.59. The lowest BCUT2D eigenvalue weighted by Gasteiger charge is -2.08. The first kappa shape index (κ1) is 12.3. The Balaban J connectivity index is 2.21. The monoisotopic (exact) mass is 265 g/mol. The molecule has 88 valence electrons. The number of aldehydes is 1. The van der Waals surface area contributed by atoms with Gasteiger partial charge in [-0.15, -0.1) is 11.3 Å². The van der Waals surface area contributed by atoms with E-state index in [1.54, 1.807) is 0 Å². The summed E-state index contributed by atoms with van der Waals surface area (Å²) in [6.45, 7) is 1.93. The predicted molar refractivity (Wildman–Crippen MR) is 70.8 cm³/mol. The highest BCUT2D eigenvalue weighted by Gasteiger charge is 2.16. The van der Waals surface area contributed by atoms with Crippen molar-refractivity contribution in [3.63, 3.8) is 0 Å². The Morgan fingerprint density at radius 2 is 2.24 bits per heavy atom. The molecule has 0 fully saturated rings. The quantitative estimate of drug-likeness (QED) is 0.790. The van der Waals surface area contributed by atoms with E-state index in [1.807, 2.05) is 36.6 Å². The number of carbonyl (C=O) groups is 1. The van der Waals surface area contributed by atoms with E-state index in [1.165, 1.54) is 11.3 Å². The molecule has 0 radical (unpaired) electrons. The number of hydrogen-bond acceptors (Lipinski definition) is 3. The van der Waals surface area contributed by atoms with Crippen molar-refractivity contribution >= 4 is 29.2 Å². The molecule has 4 heteroatoms. The molecule has 2 nitrogen and oxygen atoms in total. The Kier molecular flexibility index (Phi) is 3.92. The largest absolute Gasteiger partial charge is 0.303 e. The number of aromatic nitrogens is 1. The Hall–Kier alpha value is -1.19. The summed E-state index contributed by atoms with van der Waals surface area (Å²) in [4.78, 5) is 15.5. The summed E-state index contributed by atoms with van der Waals surface area (Å²) < 4.78 is 0. The SMILES string of the molecule is Cc1csc(C(C=O)Cc2ccccc2Cl)n1. The van der Waals surface area contributed by atoms with Crippen LogP contribution in [0.4, 0.5) is 0 Å². The van der Waals surface area contributed by atoms with Crippen molar-refractivity contribution in [1.29, 1.82) is 0 Å². The van der Waals surface area contributed by atoms with Gasteiger partial charge in [-0.05, 0) is 25.0 Å². The molecule has 0 aliphatic rings. The van der Waals surface area contributed by atoms with Gasteiger partial charge in [0.25, 0.3) is 0 Å². The van der Waals surface area contributed by atoms with E-state index >= 15 is 0 Å². The van der Waals surface area contributed by atoms with E-state index < -0.39 is 0 Å². The van der Waals surface area contributed by atoms with E-state index in [0.29, 0.717) is 11.4 Å². The molecule has 2 rings (SSSR count). The van der Waals surface area contributed by atoms with Crippen molar-refractivity contribution in [2.45, 2.75) is 19.3 Å². The standard InChI is InChI=1S/C13H12ClNOS/c1-9-8-17-13(15-9)11(7-16)6-10-4-2-3-5-12(10)14/h2-5,7-8,11H,6H2,1H3. The lowest BCUT2D eigenvalue weighted by Crippen LogP contribution is -2.04. The zero-order chi connectivity index (χ0) is 12.3. The molecule has 0 saturated heterocycles. The molecule has 0 spiro atoms. The van der Waals surface area contributed by atoms with Crippen LogP contribution in [0.1, 0.15) is 22.2 Å². The smallest absolute Gasteiger partial charge is 0.130 e. The number of hydrogen-bond donors (Lipinski definition) is 0. The first-order valence-corrected chi connectivity index (χ1v) is 6.57. The Morgan fingerprint density at radius 3 is 2.82 bits per heavy atom. The topological polar surface area (TPSA) is 30.0 Å². The van der Waals surface area contributed by atoms with Gasteiger partial charge in [0.1, 0.15) is 11.3 Å². The maximum Gasteiger partial charge on any atom is 0.130 e. The van der Waals surface area contributed by atoms with Crippen LogP contribution in [0.15, 0.2) is 29.6 Å². The van der Waals surface area contributed by atoms with Crippen molar-refractivity contribution in [2.75, 3.05) is 0 Å². The summed E-state index contributed by atoms with van der Waals surface area (Å²) >= 11 is 7.61. The molecule has 0 aliphatic heterocycles. The summed E-state index contributed by atoms with van der Waals surface area (Å²) in [5.41, 5.74) is 1.94. The van der Waals surface area contributed by atoms with Gasteiger partial charge in [0.15, 0.2) is 0 Å². The minimum Gasteiger partial charge on any atom is -0.303 e. The van der Waals surface area contributed by atoms with Crippen molar-refractivity contribution in [3.8, 4) is 0 Å². The second-order valence-corrected chi connectivity index (χ2v) is 5.16. The summed E-state index contributed by atoms with van der Waals surface area (Å²) in [5, 5.41) is 3.52. The Morgan fingerprint density at radius 1 is 1.47 bits per heavy atom. The van der Waals surface area contributed by atoms with Gasteiger partial charge in [0.2, 0.25) is 0 Å². The first-order chi connectivity index (χ1) is 8.20. The molecule has 0 N–H and O–H groups in total. The fourth-order valence-corrected chi connectivity index (χ4v) is 2.70. The molecule has 1 unspecified atom stereocenters. The zero-order valence-corrected chi connectivity index (χ0v) is 11.0. The van der Waals surface area contributed by atoms with Crippen LogP contribution in [-0.4, -0.2) is 11.3 Å². The molecule has 2 aromatic rings. The number of aryl methyl sites for hydroxylation is 1. The van der Waals surface area contributed by atoms with E-state index in [2.05, 4.69) is 4.98 Å². The molecule has 1 heterocycles. The highest BCUT2D eigenvalue weighted by atomic mass is 35.5. The second kappa shape index (κ2) is 5.43. The van der Waals surface area contributed by atoms with Gasteiger partial charge in [-0.3, -0.25) is 0 Å².